The van der Waals surface area contributed by atoms with Crippen molar-refractivity contribution in [3.63, 3.8) is 0 Å². The van der Waals surface area contributed by atoms with Crippen molar-refractivity contribution in [2.75, 3.05) is 41.3 Å². The first-order valence-corrected chi connectivity index (χ1v) is 42.9. The van der Waals surface area contributed by atoms with Gasteiger partial charge in [0.2, 0.25) is 28.9 Å². The standard InChI is InChI=1S/C39H54N6O6S2.C22H35N3O6S.C17H20ClN3S/c1-23(2)29-22-52-35(40-29)33-25(5)16-17-30-34(33)41-38(45(30)24(3)4)51-28-18-31-32(46)20-39(37(48)42-53(49,50)43(7)8)19-27(39)15-13-11-9-10-12-14-26(6)36(47)44(31)21-28;1-15-9-7-5-4-6-8-10-16-12-22(16,21(29)23-32(30,31)24(2)3)13-19(27)18-11-17(26)14-25(18)20(15)28;1-9(2)12-8-22-16(19-12)14-11(5)6-7-13-15(14)20-17(18)21(13)10(3)4/h13,15-17,22-24,26-28,31H,9-12,14,18-21H2,1-8H3,(H,42,48);8,10,15-18,26H,4-7,9,11-14H2,1-3H3,(H,23,29);6-10H,1-5H3/b15-13-;10-8-;/t26-,27+,28+,31-,39+;15-,16+,17+,18-,22+;/m00./s1. The maximum atomic E-state index is 14.4. The molecule has 4 aromatic heterocycles. The van der Waals surface area contributed by atoms with E-state index in [0.29, 0.717) is 42.4 Å². The Morgan fingerprint density at radius 2 is 1.04 bits per heavy atom. The molecule has 584 valence electrons. The van der Waals surface area contributed by atoms with Gasteiger partial charge in [-0.05, 0) is 151 Å². The third-order valence-electron chi connectivity index (χ3n) is 22.0. The van der Waals surface area contributed by atoms with Crippen molar-refractivity contribution in [3.8, 4) is 27.2 Å². The molecule has 0 spiro atoms. The number of nitrogens with one attached hydrogen (secondary N) is 2. The lowest BCUT2D eigenvalue weighted by Crippen LogP contribution is -2.47. The van der Waals surface area contributed by atoms with E-state index in [4.69, 9.17) is 31.3 Å². The second-order valence-electron chi connectivity index (χ2n) is 31.9. The smallest absolute Gasteiger partial charge is 0.303 e. The molecule has 29 heteroatoms. The number of hydrogen-bond acceptors (Lipinski definition) is 18. The molecule has 2 aromatic carbocycles. The summed E-state index contributed by atoms with van der Waals surface area (Å²) in [6.07, 6.45) is 16.1. The van der Waals surface area contributed by atoms with Gasteiger partial charge >= 0.3 is 20.4 Å². The van der Waals surface area contributed by atoms with Crippen molar-refractivity contribution in [2.45, 2.75) is 234 Å². The van der Waals surface area contributed by atoms with E-state index in [2.05, 4.69) is 128 Å². The van der Waals surface area contributed by atoms with Crippen LogP contribution in [0.15, 0.2) is 59.3 Å². The summed E-state index contributed by atoms with van der Waals surface area (Å²) in [6, 6.07) is 7.45. The first kappa shape index (κ1) is 82.7. The molecule has 4 aliphatic heterocycles. The van der Waals surface area contributed by atoms with Gasteiger partial charge in [-0.1, -0.05) is 104 Å². The number of allylic oxidation sites excluding steroid dienone is 4. The monoisotopic (exact) mass is 1570 g/mol. The summed E-state index contributed by atoms with van der Waals surface area (Å²) in [4.78, 5) is 104. The Bertz CT molecular complexity index is 4590. The quantitative estimate of drug-likeness (QED) is 0.0854. The van der Waals surface area contributed by atoms with Crippen LogP contribution in [0, 0.1) is 48.3 Å². The van der Waals surface area contributed by atoms with Crippen LogP contribution in [-0.2, 0) is 49.2 Å². The second kappa shape index (κ2) is 33.8. The van der Waals surface area contributed by atoms with E-state index in [1.165, 1.54) is 38.7 Å². The molecule has 107 heavy (non-hydrogen) atoms. The van der Waals surface area contributed by atoms with Crippen LogP contribution in [0.2, 0.25) is 5.28 Å². The molecule has 0 radical (unpaired) electrons. The molecule has 6 aliphatic rings. The zero-order valence-corrected chi connectivity index (χ0v) is 68.9. The van der Waals surface area contributed by atoms with Gasteiger partial charge in [0.1, 0.15) is 27.2 Å². The Morgan fingerprint density at radius 1 is 0.607 bits per heavy atom. The molecule has 6 aromatic rings. The number of fused-ring (bicyclic) bond motifs is 6. The minimum atomic E-state index is -4.07. The van der Waals surface area contributed by atoms with E-state index in [1.807, 2.05) is 38.2 Å². The summed E-state index contributed by atoms with van der Waals surface area (Å²) >= 11 is 9.65. The number of aromatic nitrogens is 6. The molecule has 0 bridgehead atoms. The summed E-state index contributed by atoms with van der Waals surface area (Å²) in [6.45, 7) is 25.2. The maximum absolute atomic E-state index is 14.4. The normalized spacial score (nSPS) is 26.2. The van der Waals surface area contributed by atoms with E-state index in [0.717, 1.165) is 127 Å². The number of aliphatic hydroxyl groups is 1. The minimum Gasteiger partial charge on any atom is -0.459 e. The molecule has 24 nitrogen and oxygen atoms in total. The topological polar surface area (TPSA) is 299 Å². The van der Waals surface area contributed by atoms with Gasteiger partial charge in [0, 0.05) is 106 Å². The number of carbonyl (C=O) groups excluding carboxylic acids is 6. The van der Waals surface area contributed by atoms with E-state index >= 15 is 0 Å². The van der Waals surface area contributed by atoms with Crippen molar-refractivity contribution in [2.24, 2.45) is 34.5 Å². The Labute approximate surface area is 644 Å². The lowest BCUT2D eigenvalue weighted by atomic mass is 9.91. The lowest BCUT2D eigenvalue weighted by Gasteiger charge is -2.28. The molecule has 4 fully saturated rings. The number of benzene rings is 2. The van der Waals surface area contributed by atoms with Crippen LogP contribution in [-0.4, -0.2) is 170 Å². The van der Waals surface area contributed by atoms with Crippen LogP contribution in [0.1, 0.15) is 218 Å². The van der Waals surface area contributed by atoms with Gasteiger partial charge < -0.3 is 24.2 Å². The number of aryl methyl sites for hydroxylation is 2. The molecule has 0 unspecified atom stereocenters. The average molecular weight is 1570 g/mol. The zero-order chi connectivity index (χ0) is 78.1. The van der Waals surface area contributed by atoms with Crippen molar-refractivity contribution in [1.29, 1.82) is 0 Å². The van der Waals surface area contributed by atoms with Crippen molar-refractivity contribution < 1.29 is 55.4 Å². The number of Topliss-reactive ketones (excluding diaryl/α,β-unsaturated/α-hetero) is 2. The number of thiazole rings is 2. The maximum Gasteiger partial charge on any atom is 0.303 e. The molecular formula is C78H109ClN12O12S4. The fraction of sp³-hybridized carbons (Fsp3) is 0.615. The highest BCUT2D eigenvalue weighted by Crippen LogP contribution is 2.58. The summed E-state index contributed by atoms with van der Waals surface area (Å²) in [5.41, 5.74) is 7.85. The average Bonchev–Trinajstić information content (AvgIpc) is 1.60. The summed E-state index contributed by atoms with van der Waals surface area (Å²) in [5.74, 6) is -2.51. The lowest BCUT2D eigenvalue weighted by molar-refractivity contribution is -0.142. The van der Waals surface area contributed by atoms with Crippen LogP contribution in [0.3, 0.4) is 0 Å². The number of hydrogen-bond donors (Lipinski definition) is 3. The first-order valence-electron chi connectivity index (χ1n) is 37.9. The fourth-order valence-corrected chi connectivity index (χ4v) is 19.0. The molecule has 4 amide bonds. The number of carbonyl (C=O) groups is 6. The molecule has 3 N–H and O–H groups in total. The molecule has 2 saturated carbocycles. The Kier molecular flexibility index (Phi) is 26.1. The summed E-state index contributed by atoms with van der Waals surface area (Å²) < 4.78 is 66.9. The molecule has 8 heterocycles. The van der Waals surface area contributed by atoms with E-state index in [-0.39, 0.29) is 97.9 Å². The van der Waals surface area contributed by atoms with E-state index < -0.39 is 67.4 Å². The molecule has 12 rings (SSSR count). The van der Waals surface area contributed by atoms with Crippen LogP contribution in [0.25, 0.3) is 43.2 Å². The molecular weight excluding hydrogens is 1460 g/mol. The van der Waals surface area contributed by atoms with Gasteiger partial charge in [-0.15, -0.1) is 22.7 Å². The summed E-state index contributed by atoms with van der Waals surface area (Å²) in [5, 5.41) is 16.9. The third-order valence-corrected chi connectivity index (χ3v) is 26.9. The van der Waals surface area contributed by atoms with Gasteiger partial charge in [-0.2, -0.15) is 30.4 Å². The van der Waals surface area contributed by atoms with Gasteiger partial charge in [0.15, 0.2) is 11.6 Å². The van der Waals surface area contributed by atoms with Gasteiger partial charge in [-0.3, -0.25) is 33.3 Å². The van der Waals surface area contributed by atoms with Crippen molar-refractivity contribution in [1.82, 2.24) is 56.9 Å². The van der Waals surface area contributed by atoms with Crippen LogP contribution in [0.5, 0.6) is 6.01 Å². The predicted molar refractivity (Wildman–Crippen MR) is 420 cm³/mol. The molecule has 2 aliphatic carbocycles. The number of rotatable bonds is 14. The first-order chi connectivity index (χ1) is 50.4. The van der Waals surface area contributed by atoms with Gasteiger partial charge in [-0.25, -0.2) is 24.4 Å². The second-order valence-corrected chi connectivity index (χ2v) is 37.7. The van der Waals surface area contributed by atoms with Crippen LogP contribution < -0.4 is 14.2 Å². The highest BCUT2D eigenvalue weighted by atomic mass is 35.5. The number of ether oxygens (including phenoxy) is 1. The SMILES string of the molecule is C[C@H]1CCCCC/C=C\[C@@H]2C[C@@]2(C(=O)NS(=O)(=O)N(C)C)CC(=O)[C@@H]2C[C@@H](O)CN2C1=O.Cc1ccc2c(nc(Cl)n2C(C)C)c1-c1nc(C(C)C)cs1.Cc1ccc2c(nc(O[C@@H]3C[C@H]4C(=O)C[C@]5(C(=O)NS(=O)(=O)N(C)C)C[C@H]5/C=C\CCCCC[C@H](C)C(=O)N4C3)n2C(C)C)c1-c1nc(C(C)C)cs1. The van der Waals surface area contributed by atoms with E-state index in [9.17, 15) is 50.7 Å². The molecule has 10 atom stereocenters. The van der Waals surface area contributed by atoms with Gasteiger partial charge in [0.25, 0.3) is 6.01 Å². The summed E-state index contributed by atoms with van der Waals surface area (Å²) in [7, 11) is -2.72. The van der Waals surface area contributed by atoms with Gasteiger partial charge in [0.05, 0.1) is 58.0 Å². The number of halogens is 1. The number of amides is 4. The van der Waals surface area contributed by atoms with E-state index in [1.54, 1.807) is 27.6 Å². The minimum absolute atomic E-state index is 0.0000974. The van der Waals surface area contributed by atoms with Crippen molar-refractivity contribution >= 4 is 112 Å². The van der Waals surface area contributed by atoms with Crippen LogP contribution in [0.4, 0.5) is 0 Å². The number of imidazole rings is 2. The number of nitrogens with zero attached hydrogens (tertiary/aromatic N) is 10. The Balaban J connectivity index is 0.000000191. The number of aliphatic hydroxyl groups excluding tert-OH is 1. The number of ketones is 2. The zero-order valence-electron chi connectivity index (χ0n) is 64.9. The third kappa shape index (κ3) is 18.2. The largest absolute Gasteiger partial charge is 0.459 e. The predicted octanol–water partition coefficient (Wildman–Crippen LogP) is 13.4. The Hall–Kier alpha value is -6.79. The van der Waals surface area contributed by atoms with Crippen LogP contribution >= 0.6 is 34.3 Å². The van der Waals surface area contributed by atoms with Crippen molar-refractivity contribution in [3.05, 3.63) is 87.1 Å². The molecule has 2 saturated heterocycles. The fourth-order valence-electron chi connectivity index (χ4n) is 15.2. The Morgan fingerprint density at radius 3 is 1.47 bits per heavy atom. The highest BCUT2D eigenvalue weighted by molar-refractivity contribution is 7.88. The highest BCUT2D eigenvalue weighted by Gasteiger charge is 2.63.